The van der Waals surface area contributed by atoms with Crippen LogP contribution in [0.4, 0.5) is 11.5 Å². The number of pyridine rings is 1. The van der Waals surface area contributed by atoms with Crippen molar-refractivity contribution in [3.8, 4) is 6.07 Å². The Bertz CT molecular complexity index is 478. The van der Waals surface area contributed by atoms with Crippen molar-refractivity contribution in [2.45, 2.75) is 32.4 Å². The van der Waals surface area contributed by atoms with Crippen LogP contribution in [-0.4, -0.2) is 22.2 Å². The molecule has 17 heavy (non-hydrogen) atoms. The van der Waals surface area contributed by atoms with E-state index in [1.165, 1.54) is 6.20 Å². The third kappa shape index (κ3) is 1.92. The van der Waals surface area contributed by atoms with Crippen molar-refractivity contribution < 1.29 is 5.11 Å². The number of rotatable bonds is 2. The Morgan fingerprint density at radius 3 is 2.82 bits per heavy atom. The van der Waals surface area contributed by atoms with Gasteiger partial charge in [-0.1, -0.05) is 13.8 Å². The van der Waals surface area contributed by atoms with Crippen LogP contribution in [0.3, 0.4) is 0 Å². The number of nitrogens with zero attached hydrogens (tertiary/aromatic N) is 2. The minimum atomic E-state index is -0.292. The number of hydrogen-bond acceptors (Lipinski definition) is 5. The van der Waals surface area contributed by atoms with E-state index in [2.05, 4.69) is 10.3 Å². The van der Waals surface area contributed by atoms with Gasteiger partial charge in [-0.2, -0.15) is 5.26 Å². The summed E-state index contributed by atoms with van der Waals surface area (Å²) >= 11 is 0. The predicted molar refractivity (Wildman–Crippen MR) is 65.2 cm³/mol. The molecule has 0 spiro atoms. The van der Waals surface area contributed by atoms with Gasteiger partial charge in [0.15, 0.2) is 0 Å². The Morgan fingerprint density at radius 2 is 2.35 bits per heavy atom. The van der Waals surface area contributed by atoms with Gasteiger partial charge >= 0.3 is 0 Å². The quantitative estimate of drug-likeness (QED) is 0.710. The molecule has 2 atom stereocenters. The van der Waals surface area contributed by atoms with E-state index in [4.69, 9.17) is 11.0 Å². The molecule has 0 bridgehead atoms. The lowest BCUT2D eigenvalue weighted by atomic mass is 9.64. The lowest BCUT2D eigenvalue weighted by molar-refractivity contribution is -0.0511. The molecule has 1 aliphatic carbocycles. The van der Waals surface area contributed by atoms with E-state index in [0.29, 0.717) is 23.5 Å². The third-order valence-corrected chi connectivity index (χ3v) is 3.57. The van der Waals surface area contributed by atoms with Crippen LogP contribution in [0.2, 0.25) is 0 Å². The molecule has 1 aromatic heterocycles. The van der Waals surface area contributed by atoms with Gasteiger partial charge in [0.2, 0.25) is 0 Å². The van der Waals surface area contributed by atoms with Crippen molar-refractivity contribution in [2.24, 2.45) is 5.41 Å². The van der Waals surface area contributed by atoms with Gasteiger partial charge in [-0.15, -0.1) is 0 Å². The van der Waals surface area contributed by atoms with Gasteiger partial charge in [0.1, 0.15) is 11.9 Å². The number of aliphatic hydroxyl groups excluding tert-OH is 1. The molecule has 1 heterocycles. The highest BCUT2D eigenvalue weighted by atomic mass is 16.3. The molecule has 1 aliphatic rings. The average Bonchev–Trinajstić information content (AvgIpc) is 2.30. The highest BCUT2D eigenvalue weighted by Crippen LogP contribution is 2.42. The smallest absolute Gasteiger partial charge is 0.149 e. The first-order valence-corrected chi connectivity index (χ1v) is 5.55. The summed E-state index contributed by atoms with van der Waals surface area (Å²) in [5.41, 5.74) is 6.53. The number of aromatic nitrogens is 1. The highest BCUT2D eigenvalue weighted by Gasteiger charge is 2.47. The van der Waals surface area contributed by atoms with E-state index >= 15 is 0 Å². The number of nitrogens with one attached hydrogen (secondary N) is 1. The number of anilines is 2. The number of hydrogen-bond donors (Lipinski definition) is 3. The predicted octanol–water partition coefficient (Wildman–Crippen LogP) is 1.11. The fourth-order valence-electron chi connectivity index (χ4n) is 1.98. The lowest BCUT2D eigenvalue weighted by Gasteiger charge is -2.49. The molecule has 0 radical (unpaired) electrons. The Balaban J connectivity index is 2.13. The van der Waals surface area contributed by atoms with Gasteiger partial charge in [-0.3, -0.25) is 0 Å². The van der Waals surface area contributed by atoms with Crippen LogP contribution in [0.5, 0.6) is 0 Å². The molecular formula is C12H16N4O. The second kappa shape index (κ2) is 3.90. The summed E-state index contributed by atoms with van der Waals surface area (Å²) in [5.74, 6) is 0.578. The van der Waals surface area contributed by atoms with Gasteiger partial charge in [0, 0.05) is 17.7 Å². The van der Waals surface area contributed by atoms with Crippen molar-refractivity contribution in [3.05, 3.63) is 17.8 Å². The minimum absolute atomic E-state index is 0.153. The van der Waals surface area contributed by atoms with Gasteiger partial charge in [0.05, 0.1) is 17.4 Å². The zero-order chi connectivity index (χ0) is 12.6. The van der Waals surface area contributed by atoms with Crippen LogP contribution in [0.25, 0.3) is 0 Å². The molecule has 5 heteroatoms. The molecule has 5 nitrogen and oxygen atoms in total. The van der Waals surface area contributed by atoms with E-state index in [1.807, 2.05) is 19.9 Å². The van der Waals surface area contributed by atoms with Crippen LogP contribution in [0, 0.1) is 16.7 Å². The first kappa shape index (κ1) is 11.7. The summed E-state index contributed by atoms with van der Waals surface area (Å²) in [6.45, 7) is 4.00. The molecule has 1 aromatic rings. The molecule has 0 amide bonds. The molecule has 0 aliphatic heterocycles. The van der Waals surface area contributed by atoms with Gasteiger partial charge in [0.25, 0.3) is 0 Å². The second-order valence-electron chi connectivity index (χ2n) is 5.04. The van der Waals surface area contributed by atoms with Crippen molar-refractivity contribution in [1.29, 1.82) is 5.26 Å². The summed E-state index contributed by atoms with van der Waals surface area (Å²) in [6, 6.07) is 3.74. The van der Waals surface area contributed by atoms with Crippen molar-refractivity contribution >= 4 is 11.5 Å². The topological polar surface area (TPSA) is 95.0 Å². The zero-order valence-electron chi connectivity index (χ0n) is 9.94. The van der Waals surface area contributed by atoms with Gasteiger partial charge < -0.3 is 16.2 Å². The Hall–Kier alpha value is -1.80. The number of nitrogen functional groups attached to an aromatic ring is 1. The maximum absolute atomic E-state index is 9.64. The molecule has 0 aromatic carbocycles. The highest BCUT2D eigenvalue weighted by molar-refractivity contribution is 5.63. The van der Waals surface area contributed by atoms with E-state index in [1.54, 1.807) is 6.07 Å². The van der Waals surface area contributed by atoms with E-state index in [-0.39, 0.29) is 17.6 Å². The van der Waals surface area contributed by atoms with Gasteiger partial charge in [-0.05, 0) is 12.5 Å². The fourth-order valence-corrected chi connectivity index (χ4v) is 1.98. The summed E-state index contributed by atoms with van der Waals surface area (Å²) in [5, 5.41) is 21.6. The molecule has 1 fully saturated rings. The van der Waals surface area contributed by atoms with Crippen LogP contribution in [0.15, 0.2) is 12.3 Å². The molecule has 90 valence electrons. The summed E-state index contributed by atoms with van der Waals surface area (Å²) in [4.78, 5) is 4.12. The second-order valence-corrected chi connectivity index (χ2v) is 5.04. The summed E-state index contributed by atoms with van der Waals surface area (Å²) in [6.07, 6.45) is 1.88. The average molecular weight is 232 g/mol. The van der Waals surface area contributed by atoms with Crippen LogP contribution in [0.1, 0.15) is 25.8 Å². The largest absolute Gasteiger partial charge is 0.396 e. The van der Waals surface area contributed by atoms with E-state index in [0.717, 1.165) is 0 Å². The zero-order valence-corrected chi connectivity index (χ0v) is 9.94. The van der Waals surface area contributed by atoms with Crippen molar-refractivity contribution in [2.75, 3.05) is 11.1 Å². The number of nitrogens with two attached hydrogens (primary N) is 1. The number of nitriles is 1. The molecule has 4 N–H and O–H groups in total. The maximum Gasteiger partial charge on any atom is 0.149 e. The van der Waals surface area contributed by atoms with Gasteiger partial charge in [-0.25, -0.2) is 4.98 Å². The summed E-state index contributed by atoms with van der Waals surface area (Å²) in [7, 11) is 0. The number of aliphatic hydroxyl groups is 1. The van der Waals surface area contributed by atoms with Crippen LogP contribution < -0.4 is 11.1 Å². The lowest BCUT2D eigenvalue weighted by Crippen LogP contribution is -2.57. The molecule has 1 saturated carbocycles. The van der Waals surface area contributed by atoms with E-state index < -0.39 is 0 Å². The van der Waals surface area contributed by atoms with E-state index in [9.17, 15) is 5.11 Å². The SMILES string of the molecule is CC1(C)C(O)CC1Nc1ncc(C#N)cc1N. The van der Waals surface area contributed by atoms with Crippen LogP contribution in [-0.2, 0) is 0 Å². The van der Waals surface area contributed by atoms with Crippen molar-refractivity contribution in [1.82, 2.24) is 4.98 Å². The Kier molecular flexibility index (Phi) is 2.68. The molecule has 0 saturated heterocycles. The first-order valence-electron chi connectivity index (χ1n) is 5.55. The standard InChI is InChI=1S/C12H16N4O/c1-12(2)9(4-10(12)17)16-11-8(14)3-7(5-13)6-15-11/h3,6,9-10,17H,4,14H2,1-2H3,(H,15,16). The third-order valence-electron chi connectivity index (χ3n) is 3.57. The summed E-state index contributed by atoms with van der Waals surface area (Å²) < 4.78 is 0. The normalized spacial score (nSPS) is 25.8. The van der Waals surface area contributed by atoms with Crippen LogP contribution >= 0.6 is 0 Å². The molecular weight excluding hydrogens is 216 g/mol. The monoisotopic (exact) mass is 232 g/mol. The molecule has 2 rings (SSSR count). The molecule has 2 unspecified atom stereocenters. The van der Waals surface area contributed by atoms with Crippen molar-refractivity contribution in [3.63, 3.8) is 0 Å². The minimum Gasteiger partial charge on any atom is -0.396 e. The Morgan fingerprint density at radius 1 is 1.65 bits per heavy atom. The first-order chi connectivity index (χ1) is 7.95. The maximum atomic E-state index is 9.64. The Labute approximate surface area is 100 Å². The fraction of sp³-hybridized carbons (Fsp3) is 0.500.